The van der Waals surface area contributed by atoms with Gasteiger partial charge in [-0.3, -0.25) is 10.1 Å². The van der Waals surface area contributed by atoms with E-state index in [4.69, 9.17) is 0 Å². The van der Waals surface area contributed by atoms with E-state index in [0.717, 1.165) is 0 Å². The molecule has 1 aliphatic heterocycles. The van der Waals surface area contributed by atoms with E-state index in [1.807, 2.05) is 0 Å². The van der Waals surface area contributed by atoms with Gasteiger partial charge in [-0.15, -0.1) is 0 Å². The molecule has 18 heavy (non-hydrogen) atoms. The summed E-state index contributed by atoms with van der Waals surface area (Å²) in [5.41, 5.74) is 0.296. The van der Waals surface area contributed by atoms with Gasteiger partial charge in [0.05, 0.1) is 11.0 Å². The van der Waals surface area contributed by atoms with Gasteiger partial charge in [0.2, 0.25) is 0 Å². The molecule has 2 N–H and O–H groups in total. The van der Waals surface area contributed by atoms with Crippen molar-refractivity contribution in [1.29, 1.82) is 0 Å². The van der Waals surface area contributed by atoms with Crippen molar-refractivity contribution in [3.8, 4) is 0 Å². The number of anilines is 1. The molecule has 1 aliphatic rings. The standard InChI is InChI=1S/C11H13N3O4/c15-10-4-5-13(7-10)11(16)12-8-2-1-3-9(6-8)14(17)18/h1-3,6,10,15H,4-5,7H2,(H,12,16)/t10-/m1/s1. The molecular weight excluding hydrogens is 238 g/mol. The number of benzene rings is 1. The van der Waals surface area contributed by atoms with Crippen LogP contribution in [0.4, 0.5) is 16.2 Å². The number of hydrogen-bond acceptors (Lipinski definition) is 4. The van der Waals surface area contributed by atoms with E-state index in [9.17, 15) is 20.0 Å². The van der Waals surface area contributed by atoms with Gasteiger partial charge in [-0.25, -0.2) is 4.79 Å². The number of nitrogens with one attached hydrogen (secondary N) is 1. The van der Waals surface area contributed by atoms with Gasteiger partial charge >= 0.3 is 6.03 Å². The number of non-ortho nitro benzene ring substituents is 1. The van der Waals surface area contributed by atoms with Gasteiger partial charge in [0.25, 0.3) is 5.69 Å². The van der Waals surface area contributed by atoms with Crippen molar-refractivity contribution < 1.29 is 14.8 Å². The number of urea groups is 1. The van der Waals surface area contributed by atoms with Gasteiger partial charge in [-0.2, -0.15) is 0 Å². The lowest BCUT2D eigenvalue weighted by Gasteiger charge is -2.16. The highest BCUT2D eigenvalue weighted by molar-refractivity contribution is 5.89. The first kappa shape index (κ1) is 12.3. The van der Waals surface area contributed by atoms with Crippen LogP contribution in [0.5, 0.6) is 0 Å². The second-order valence-corrected chi connectivity index (χ2v) is 4.13. The zero-order valence-corrected chi connectivity index (χ0v) is 9.57. The third-order valence-electron chi connectivity index (χ3n) is 2.76. The third-order valence-corrected chi connectivity index (χ3v) is 2.76. The average molecular weight is 251 g/mol. The molecule has 96 valence electrons. The van der Waals surface area contributed by atoms with E-state index >= 15 is 0 Å². The lowest BCUT2D eigenvalue weighted by atomic mass is 10.3. The first-order valence-corrected chi connectivity index (χ1v) is 5.55. The number of aliphatic hydroxyl groups excluding tert-OH is 1. The molecule has 0 saturated carbocycles. The van der Waals surface area contributed by atoms with Gasteiger partial charge in [0.15, 0.2) is 0 Å². The van der Waals surface area contributed by atoms with Crippen LogP contribution >= 0.6 is 0 Å². The Morgan fingerprint density at radius 2 is 2.33 bits per heavy atom. The average Bonchev–Trinajstić information content (AvgIpc) is 2.76. The first-order chi connectivity index (χ1) is 8.56. The van der Waals surface area contributed by atoms with E-state index in [1.54, 1.807) is 6.07 Å². The Balaban J connectivity index is 2.03. The van der Waals surface area contributed by atoms with Crippen LogP contribution in [0.3, 0.4) is 0 Å². The highest BCUT2D eigenvalue weighted by Gasteiger charge is 2.24. The van der Waals surface area contributed by atoms with Crippen molar-refractivity contribution in [2.75, 3.05) is 18.4 Å². The second-order valence-electron chi connectivity index (χ2n) is 4.13. The monoisotopic (exact) mass is 251 g/mol. The zero-order valence-electron chi connectivity index (χ0n) is 9.57. The minimum Gasteiger partial charge on any atom is -0.391 e. The van der Waals surface area contributed by atoms with E-state index in [1.165, 1.54) is 23.1 Å². The van der Waals surface area contributed by atoms with Crippen LogP contribution in [0.1, 0.15) is 6.42 Å². The predicted molar refractivity (Wildman–Crippen MR) is 64.3 cm³/mol. The van der Waals surface area contributed by atoms with Crippen molar-refractivity contribution in [2.45, 2.75) is 12.5 Å². The number of carbonyl (C=O) groups is 1. The van der Waals surface area contributed by atoms with Gasteiger partial charge in [0.1, 0.15) is 0 Å². The molecule has 2 rings (SSSR count). The molecule has 1 heterocycles. The quantitative estimate of drug-likeness (QED) is 0.609. The summed E-state index contributed by atoms with van der Waals surface area (Å²) in [5, 5.41) is 22.5. The smallest absolute Gasteiger partial charge is 0.321 e. The maximum atomic E-state index is 11.8. The number of aliphatic hydroxyl groups is 1. The molecule has 0 aromatic heterocycles. The van der Waals surface area contributed by atoms with Gasteiger partial charge < -0.3 is 15.3 Å². The largest absolute Gasteiger partial charge is 0.391 e. The molecule has 7 heteroatoms. The minimum absolute atomic E-state index is 0.0748. The SMILES string of the molecule is O=C(Nc1cccc([N+](=O)[O-])c1)N1CC[C@@H](O)C1. The fraction of sp³-hybridized carbons (Fsp3) is 0.364. The van der Waals surface area contributed by atoms with Gasteiger partial charge in [-0.05, 0) is 12.5 Å². The summed E-state index contributed by atoms with van der Waals surface area (Å²) in [4.78, 5) is 23.3. The maximum Gasteiger partial charge on any atom is 0.321 e. The van der Waals surface area contributed by atoms with E-state index in [-0.39, 0.29) is 11.7 Å². The molecule has 0 radical (unpaired) electrons. The lowest BCUT2D eigenvalue weighted by molar-refractivity contribution is -0.384. The summed E-state index contributed by atoms with van der Waals surface area (Å²) < 4.78 is 0. The Hall–Kier alpha value is -2.15. The van der Waals surface area contributed by atoms with Crippen molar-refractivity contribution >= 4 is 17.4 Å². The van der Waals surface area contributed by atoms with Crippen molar-refractivity contribution in [3.63, 3.8) is 0 Å². The van der Waals surface area contributed by atoms with Crippen LogP contribution in [0.25, 0.3) is 0 Å². The molecule has 1 saturated heterocycles. The topological polar surface area (TPSA) is 95.7 Å². The number of likely N-dealkylation sites (tertiary alicyclic amines) is 1. The lowest BCUT2D eigenvalue weighted by Crippen LogP contribution is -2.33. The Bertz CT molecular complexity index is 477. The number of rotatable bonds is 2. The molecule has 1 aromatic rings. The summed E-state index contributed by atoms with van der Waals surface area (Å²) in [6.45, 7) is 0.780. The number of β-amino-alcohol motifs (C(OH)–C–C–N with tert-alkyl or cyclic N) is 1. The van der Waals surface area contributed by atoms with Crippen LogP contribution in [0.15, 0.2) is 24.3 Å². The summed E-state index contributed by atoms with van der Waals surface area (Å²) in [5.74, 6) is 0. The summed E-state index contributed by atoms with van der Waals surface area (Å²) in [6.07, 6.45) is 0.0726. The number of nitrogens with zero attached hydrogens (tertiary/aromatic N) is 2. The Labute approximate surface area is 103 Å². The molecule has 2 amide bonds. The summed E-state index contributed by atoms with van der Waals surface area (Å²) >= 11 is 0. The van der Waals surface area contributed by atoms with Crippen LogP contribution in [0, 0.1) is 10.1 Å². The summed E-state index contributed by atoms with van der Waals surface area (Å²) in [6, 6.07) is 5.39. The fourth-order valence-electron chi connectivity index (χ4n) is 1.83. The van der Waals surface area contributed by atoms with E-state index in [0.29, 0.717) is 25.2 Å². The van der Waals surface area contributed by atoms with Crippen molar-refractivity contribution in [3.05, 3.63) is 34.4 Å². The van der Waals surface area contributed by atoms with E-state index < -0.39 is 11.0 Å². The van der Waals surface area contributed by atoms with Gasteiger partial charge in [-0.1, -0.05) is 6.07 Å². The highest BCUT2D eigenvalue weighted by atomic mass is 16.6. The normalized spacial score (nSPS) is 18.7. The molecule has 1 fully saturated rings. The van der Waals surface area contributed by atoms with Crippen molar-refractivity contribution in [2.24, 2.45) is 0 Å². The zero-order chi connectivity index (χ0) is 13.1. The number of hydrogen-bond donors (Lipinski definition) is 2. The molecule has 0 aliphatic carbocycles. The van der Waals surface area contributed by atoms with Crippen LogP contribution in [-0.2, 0) is 0 Å². The first-order valence-electron chi connectivity index (χ1n) is 5.55. The van der Waals surface area contributed by atoms with Gasteiger partial charge in [0, 0.05) is 30.9 Å². The second kappa shape index (κ2) is 5.01. The fourth-order valence-corrected chi connectivity index (χ4v) is 1.83. The van der Waals surface area contributed by atoms with Crippen LogP contribution in [-0.4, -0.2) is 40.2 Å². The maximum absolute atomic E-state index is 11.8. The molecule has 0 spiro atoms. The molecule has 0 bridgehead atoms. The molecule has 7 nitrogen and oxygen atoms in total. The third kappa shape index (κ3) is 2.75. The number of carbonyl (C=O) groups excluding carboxylic acids is 1. The Kier molecular flexibility index (Phi) is 3.42. The molecule has 1 aromatic carbocycles. The Morgan fingerprint density at radius 3 is 2.94 bits per heavy atom. The number of amides is 2. The molecular formula is C11H13N3O4. The molecule has 0 unspecified atom stereocenters. The summed E-state index contributed by atoms with van der Waals surface area (Å²) in [7, 11) is 0. The van der Waals surface area contributed by atoms with Crippen LogP contribution in [0.2, 0.25) is 0 Å². The minimum atomic E-state index is -0.519. The van der Waals surface area contributed by atoms with Crippen molar-refractivity contribution in [1.82, 2.24) is 4.90 Å². The number of nitro benzene ring substituents is 1. The Morgan fingerprint density at radius 1 is 1.56 bits per heavy atom. The highest BCUT2D eigenvalue weighted by Crippen LogP contribution is 2.18. The van der Waals surface area contributed by atoms with Crippen LogP contribution < -0.4 is 5.32 Å². The predicted octanol–water partition coefficient (Wildman–Crippen LogP) is 1.19. The van der Waals surface area contributed by atoms with E-state index in [2.05, 4.69) is 5.32 Å². The number of nitro groups is 1. The molecule has 1 atom stereocenters.